The Morgan fingerprint density at radius 3 is 2.64 bits per heavy atom. The maximum absolute atomic E-state index is 12.8. The van der Waals surface area contributed by atoms with Gasteiger partial charge in [-0.3, -0.25) is 0 Å². The molecule has 0 saturated heterocycles. The number of aliphatic hydroxyl groups excluding tert-OH is 1. The van der Waals surface area contributed by atoms with Crippen LogP contribution < -0.4 is 0 Å². The summed E-state index contributed by atoms with van der Waals surface area (Å²) in [5.74, 6) is -0.457. The Kier molecular flexibility index (Phi) is 2.57. The van der Waals surface area contributed by atoms with Gasteiger partial charge in [0.25, 0.3) is 0 Å². The van der Waals surface area contributed by atoms with E-state index < -0.39 is 12.1 Å². The Morgan fingerprint density at radius 1 is 1.45 bits per heavy atom. The highest BCUT2D eigenvalue weighted by Gasteiger charge is 2.09. The van der Waals surface area contributed by atoms with Crippen LogP contribution in [0.15, 0.2) is 24.3 Å². The molecule has 1 atom stereocenters. The number of halogens is 1. The van der Waals surface area contributed by atoms with Gasteiger partial charge in [-0.25, -0.2) is 4.39 Å². The van der Waals surface area contributed by atoms with Gasteiger partial charge in [0.15, 0.2) is 6.29 Å². The first-order chi connectivity index (χ1) is 5.25. The smallest absolute Gasteiger partial charge is 0.183 e. The second kappa shape index (κ2) is 3.46. The van der Waals surface area contributed by atoms with Gasteiger partial charge in [-0.2, -0.15) is 0 Å². The Labute approximate surface area is 64.2 Å². The topological polar surface area (TPSA) is 29.5 Å². The van der Waals surface area contributed by atoms with Gasteiger partial charge in [0.05, 0.1) is 0 Å². The second-order valence-electron chi connectivity index (χ2n) is 2.11. The van der Waals surface area contributed by atoms with Crippen LogP contribution in [0.1, 0.15) is 11.9 Å². The Bertz CT molecular complexity index is 237. The zero-order valence-corrected chi connectivity index (χ0v) is 6.12. The number of benzene rings is 1. The minimum absolute atomic E-state index is 0.162. The Balaban J connectivity index is 2.93. The van der Waals surface area contributed by atoms with Gasteiger partial charge < -0.3 is 9.84 Å². The number of hydrogen-bond donors (Lipinski definition) is 1. The summed E-state index contributed by atoms with van der Waals surface area (Å²) >= 11 is 0. The molecule has 1 aromatic rings. The molecule has 1 rings (SSSR count). The first kappa shape index (κ1) is 8.17. The minimum Gasteiger partial charge on any atom is -0.364 e. The zero-order chi connectivity index (χ0) is 8.27. The van der Waals surface area contributed by atoms with Crippen LogP contribution in [0.5, 0.6) is 0 Å². The van der Waals surface area contributed by atoms with Crippen molar-refractivity contribution < 1.29 is 14.2 Å². The molecule has 0 fully saturated rings. The fourth-order valence-corrected chi connectivity index (χ4v) is 0.802. The molecule has 0 amide bonds. The van der Waals surface area contributed by atoms with Crippen molar-refractivity contribution in [3.05, 3.63) is 35.6 Å². The third kappa shape index (κ3) is 1.76. The normalized spacial score (nSPS) is 13.0. The summed E-state index contributed by atoms with van der Waals surface area (Å²) in [5, 5.41) is 9.05. The van der Waals surface area contributed by atoms with Crippen molar-refractivity contribution in [2.75, 3.05) is 7.11 Å². The van der Waals surface area contributed by atoms with Gasteiger partial charge in [0, 0.05) is 12.7 Å². The average Bonchev–Trinajstić information content (AvgIpc) is 2.04. The molecule has 1 aromatic carbocycles. The number of hydrogen-bond acceptors (Lipinski definition) is 2. The van der Waals surface area contributed by atoms with E-state index in [2.05, 4.69) is 4.74 Å². The molecular formula is C8H9FO2. The number of rotatable bonds is 2. The molecule has 0 aliphatic heterocycles. The number of aliphatic hydroxyl groups is 1. The van der Waals surface area contributed by atoms with Crippen molar-refractivity contribution in [3.63, 3.8) is 0 Å². The molecular weight excluding hydrogens is 147 g/mol. The van der Waals surface area contributed by atoms with E-state index in [0.29, 0.717) is 0 Å². The zero-order valence-electron chi connectivity index (χ0n) is 6.12. The SMILES string of the molecule is COC(O)c1ccccc1F. The van der Waals surface area contributed by atoms with Gasteiger partial charge in [-0.15, -0.1) is 0 Å². The van der Waals surface area contributed by atoms with Crippen LogP contribution in [-0.2, 0) is 4.74 Å². The molecule has 2 nitrogen and oxygen atoms in total. The predicted molar refractivity (Wildman–Crippen MR) is 38.4 cm³/mol. The van der Waals surface area contributed by atoms with Crippen LogP contribution >= 0.6 is 0 Å². The monoisotopic (exact) mass is 156 g/mol. The predicted octanol–water partition coefficient (Wildman–Crippen LogP) is 1.46. The molecule has 0 aliphatic rings. The van der Waals surface area contributed by atoms with Crippen LogP contribution in [0.3, 0.4) is 0 Å². The molecule has 0 radical (unpaired) electrons. The highest BCUT2D eigenvalue weighted by atomic mass is 19.1. The van der Waals surface area contributed by atoms with E-state index in [4.69, 9.17) is 5.11 Å². The maximum Gasteiger partial charge on any atom is 0.183 e. The number of ether oxygens (including phenoxy) is 1. The van der Waals surface area contributed by atoms with E-state index >= 15 is 0 Å². The summed E-state index contributed by atoms with van der Waals surface area (Å²) in [4.78, 5) is 0. The van der Waals surface area contributed by atoms with Gasteiger partial charge >= 0.3 is 0 Å². The van der Waals surface area contributed by atoms with Crippen LogP contribution in [0, 0.1) is 5.82 Å². The van der Waals surface area contributed by atoms with Crippen LogP contribution in [0.25, 0.3) is 0 Å². The fourth-order valence-electron chi connectivity index (χ4n) is 0.802. The van der Waals surface area contributed by atoms with Crippen LogP contribution in [-0.4, -0.2) is 12.2 Å². The van der Waals surface area contributed by atoms with E-state index in [-0.39, 0.29) is 5.56 Å². The molecule has 1 unspecified atom stereocenters. The maximum atomic E-state index is 12.8. The summed E-state index contributed by atoms with van der Waals surface area (Å²) in [6.07, 6.45) is -1.17. The van der Waals surface area contributed by atoms with E-state index in [0.717, 1.165) is 0 Å². The van der Waals surface area contributed by atoms with E-state index in [1.54, 1.807) is 12.1 Å². The quantitative estimate of drug-likeness (QED) is 0.657. The van der Waals surface area contributed by atoms with Gasteiger partial charge in [-0.05, 0) is 6.07 Å². The third-order valence-corrected chi connectivity index (χ3v) is 1.39. The van der Waals surface area contributed by atoms with Crippen molar-refractivity contribution in [2.45, 2.75) is 6.29 Å². The lowest BCUT2D eigenvalue weighted by molar-refractivity contribution is -0.0790. The van der Waals surface area contributed by atoms with Gasteiger partial charge in [0.1, 0.15) is 5.82 Å². The molecule has 3 heteroatoms. The van der Waals surface area contributed by atoms with Crippen molar-refractivity contribution in [2.24, 2.45) is 0 Å². The summed E-state index contributed by atoms with van der Waals surface area (Å²) < 4.78 is 17.3. The molecule has 0 bridgehead atoms. The molecule has 0 spiro atoms. The lowest BCUT2D eigenvalue weighted by Crippen LogP contribution is -2.01. The summed E-state index contributed by atoms with van der Waals surface area (Å²) in [7, 11) is 1.32. The third-order valence-electron chi connectivity index (χ3n) is 1.39. The lowest BCUT2D eigenvalue weighted by Gasteiger charge is -2.08. The highest BCUT2D eigenvalue weighted by molar-refractivity contribution is 5.18. The highest BCUT2D eigenvalue weighted by Crippen LogP contribution is 2.15. The second-order valence-corrected chi connectivity index (χ2v) is 2.11. The largest absolute Gasteiger partial charge is 0.364 e. The molecule has 11 heavy (non-hydrogen) atoms. The summed E-state index contributed by atoms with van der Waals surface area (Å²) in [5.41, 5.74) is 0.162. The van der Waals surface area contributed by atoms with Crippen molar-refractivity contribution in [1.82, 2.24) is 0 Å². The molecule has 0 aliphatic carbocycles. The molecule has 60 valence electrons. The van der Waals surface area contributed by atoms with Crippen molar-refractivity contribution >= 4 is 0 Å². The van der Waals surface area contributed by atoms with Gasteiger partial charge in [-0.1, -0.05) is 18.2 Å². The van der Waals surface area contributed by atoms with Gasteiger partial charge in [0.2, 0.25) is 0 Å². The van der Waals surface area contributed by atoms with Crippen LogP contribution in [0.2, 0.25) is 0 Å². The minimum atomic E-state index is -1.17. The molecule has 0 heterocycles. The van der Waals surface area contributed by atoms with E-state index in [9.17, 15) is 4.39 Å². The fraction of sp³-hybridized carbons (Fsp3) is 0.250. The summed E-state index contributed by atoms with van der Waals surface area (Å²) in [6, 6.07) is 5.95. The number of methoxy groups -OCH3 is 1. The van der Waals surface area contributed by atoms with Crippen molar-refractivity contribution in [1.29, 1.82) is 0 Å². The lowest BCUT2D eigenvalue weighted by atomic mass is 10.2. The first-order valence-corrected chi connectivity index (χ1v) is 3.21. The molecule has 0 aromatic heterocycles. The average molecular weight is 156 g/mol. The molecule has 0 saturated carbocycles. The van der Waals surface area contributed by atoms with Crippen molar-refractivity contribution in [3.8, 4) is 0 Å². The van der Waals surface area contributed by atoms with Crippen LogP contribution in [0.4, 0.5) is 4.39 Å². The summed E-state index contributed by atoms with van der Waals surface area (Å²) in [6.45, 7) is 0. The standard InChI is InChI=1S/C8H9FO2/c1-11-8(10)6-4-2-3-5-7(6)9/h2-5,8,10H,1H3. The Morgan fingerprint density at radius 2 is 2.09 bits per heavy atom. The molecule has 1 N–H and O–H groups in total. The van der Waals surface area contributed by atoms with E-state index in [1.807, 2.05) is 0 Å². The Hall–Kier alpha value is -0.930. The first-order valence-electron chi connectivity index (χ1n) is 3.21. The van der Waals surface area contributed by atoms with E-state index in [1.165, 1.54) is 19.2 Å².